The maximum absolute atomic E-state index is 12.2. The van der Waals surface area contributed by atoms with Crippen molar-refractivity contribution < 1.29 is 9.53 Å². The van der Waals surface area contributed by atoms with Gasteiger partial charge in [-0.1, -0.05) is 6.92 Å². The van der Waals surface area contributed by atoms with Crippen LogP contribution in [-0.2, 0) is 11.2 Å². The predicted octanol–water partition coefficient (Wildman–Crippen LogP) is 1.59. The normalized spacial score (nSPS) is 23.5. The molecule has 2 rings (SSSR count). The fraction of sp³-hybridized carbons (Fsp3) is 0.750. The summed E-state index contributed by atoms with van der Waals surface area (Å²) in [5.74, 6) is -0.126. The summed E-state index contributed by atoms with van der Waals surface area (Å²) in [5.41, 5.74) is 1.31. The standard InChI is InChI=1S/C16H28N4O2/c1-6-13-7-14(19-18-13)15(21)17-10-16(4,5)20-8-11(2)22-12(3)9-20/h7,11-12H,6,8-10H2,1-5H3,(H,17,21)(H,18,19). The van der Waals surface area contributed by atoms with Gasteiger partial charge in [0.25, 0.3) is 5.91 Å². The molecule has 0 aliphatic carbocycles. The van der Waals surface area contributed by atoms with E-state index in [0.717, 1.165) is 25.2 Å². The molecule has 1 fully saturated rings. The van der Waals surface area contributed by atoms with Crippen LogP contribution in [0.15, 0.2) is 6.07 Å². The molecule has 0 spiro atoms. The van der Waals surface area contributed by atoms with Gasteiger partial charge in [-0.05, 0) is 40.2 Å². The van der Waals surface area contributed by atoms with E-state index in [1.165, 1.54) is 0 Å². The van der Waals surface area contributed by atoms with Crippen molar-refractivity contribution in [3.8, 4) is 0 Å². The maximum Gasteiger partial charge on any atom is 0.271 e. The number of aromatic amines is 1. The molecule has 2 heterocycles. The third kappa shape index (κ3) is 4.08. The summed E-state index contributed by atoms with van der Waals surface area (Å²) >= 11 is 0. The lowest BCUT2D eigenvalue weighted by Gasteiger charge is -2.45. The molecule has 2 N–H and O–H groups in total. The summed E-state index contributed by atoms with van der Waals surface area (Å²) in [6.45, 7) is 12.9. The number of rotatable bonds is 5. The van der Waals surface area contributed by atoms with Crippen LogP contribution in [0.25, 0.3) is 0 Å². The Balaban J connectivity index is 1.92. The second-order valence-corrected chi connectivity index (χ2v) is 6.79. The second-order valence-electron chi connectivity index (χ2n) is 6.79. The topological polar surface area (TPSA) is 70.2 Å². The zero-order valence-electron chi connectivity index (χ0n) is 14.3. The third-order valence-electron chi connectivity index (χ3n) is 4.20. The first-order chi connectivity index (χ1) is 10.3. The smallest absolute Gasteiger partial charge is 0.271 e. The molecule has 2 atom stereocenters. The molecule has 1 saturated heterocycles. The highest BCUT2D eigenvalue weighted by Crippen LogP contribution is 2.20. The lowest BCUT2D eigenvalue weighted by molar-refractivity contribution is -0.0948. The van der Waals surface area contributed by atoms with Crippen LogP contribution in [0, 0.1) is 0 Å². The van der Waals surface area contributed by atoms with E-state index >= 15 is 0 Å². The Morgan fingerprint density at radius 2 is 2.09 bits per heavy atom. The maximum atomic E-state index is 12.2. The molecular formula is C16H28N4O2. The molecule has 1 aliphatic heterocycles. The van der Waals surface area contributed by atoms with Gasteiger partial charge >= 0.3 is 0 Å². The number of morpholine rings is 1. The first-order valence-corrected chi connectivity index (χ1v) is 8.05. The van der Waals surface area contributed by atoms with E-state index in [1.54, 1.807) is 6.07 Å². The Labute approximate surface area is 132 Å². The molecule has 1 aromatic rings. The summed E-state index contributed by atoms with van der Waals surface area (Å²) in [4.78, 5) is 14.6. The van der Waals surface area contributed by atoms with E-state index in [2.05, 4.69) is 48.1 Å². The van der Waals surface area contributed by atoms with Crippen LogP contribution in [0.4, 0.5) is 0 Å². The molecule has 6 heteroatoms. The van der Waals surface area contributed by atoms with Crippen molar-refractivity contribution in [2.24, 2.45) is 0 Å². The average Bonchev–Trinajstić information content (AvgIpc) is 2.93. The minimum Gasteiger partial charge on any atom is -0.373 e. The van der Waals surface area contributed by atoms with Gasteiger partial charge < -0.3 is 10.1 Å². The van der Waals surface area contributed by atoms with Gasteiger partial charge in [0.05, 0.1) is 12.2 Å². The number of nitrogens with one attached hydrogen (secondary N) is 2. The molecule has 2 unspecified atom stereocenters. The predicted molar refractivity (Wildman–Crippen MR) is 86.0 cm³/mol. The van der Waals surface area contributed by atoms with Crippen LogP contribution in [0.1, 0.15) is 50.8 Å². The van der Waals surface area contributed by atoms with Crippen molar-refractivity contribution in [2.75, 3.05) is 19.6 Å². The number of aromatic nitrogens is 2. The summed E-state index contributed by atoms with van der Waals surface area (Å²) in [6, 6.07) is 1.81. The number of aryl methyl sites for hydroxylation is 1. The van der Waals surface area contributed by atoms with E-state index in [9.17, 15) is 4.79 Å². The van der Waals surface area contributed by atoms with Crippen LogP contribution in [-0.4, -0.2) is 58.4 Å². The molecule has 1 amide bonds. The molecule has 1 aromatic heterocycles. The highest BCUT2D eigenvalue weighted by Gasteiger charge is 2.33. The number of ether oxygens (including phenoxy) is 1. The molecule has 22 heavy (non-hydrogen) atoms. The largest absolute Gasteiger partial charge is 0.373 e. The van der Waals surface area contributed by atoms with Crippen molar-refractivity contribution in [3.63, 3.8) is 0 Å². The number of H-pyrrole nitrogens is 1. The van der Waals surface area contributed by atoms with E-state index in [4.69, 9.17) is 4.74 Å². The van der Waals surface area contributed by atoms with Crippen molar-refractivity contribution in [1.29, 1.82) is 0 Å². The summed E-state index contributed by atoms with van der Waals surface area (Å²) in [6.07, 6.45) is 1.28. The highest BCUT2D eigenvalue weighted by molar-refractivity contribution is 5.92. The highest BCUT2D eigenvalue weighted by atomic mass is 16.5. The number of carbonyl (C=O) groups excluding carboxylic acids is 1. The van der Waals surface area contributed by atoms with Crippen molar-refractivity contribution in [2.45, 2.75) is 58.8 Å². The van der Waals surface area contributed by atoms with Gasteiger partial charge in [-0.3, -0.25) is 14.8 Å². The Morgan fingerprint density at radius 1 is 1.45 bits per heavy atom. The van der Waals surface area contributed by atoms with Gasteiger partial charge in [-0.25, -0.2) is 0 Å². The minimum atomic E-state index is -0.126. The number of carbonyl (C=O) groups is 1. The monoisotopic (exact) mass is 308 g/mol. The summed E-state index contributed by atoms with van der Waals surface area (Å²) in [5, 5.41) is 9.92. The van der Waals surface area contributed by atoms with E-state index in [1.807, 2.05) is 6.92 Å². The molecule has 6 nitrogen and oxygen atoms in total. The SMILES string of the molecule is CCc1cc(C(=O)NCC(C)(C)N2CC(C)OC(C)C2)n[nH]1. The number of amides is 1. The number of hydrogen-bond acceptors (Lipinski definition) is 4. The van der Waals surface area contributed by atoms with E-state index < -0.39 is 0 Å². The van der Waals surface area contributed by atoms with E-state index in [-0.39, 0.29) is 23.7 Å². The van der Waals surface area contributed by atoms with Crippen molar-refractivity contribution in [1.82, 2.24) is 20.4 Å². The van der Waals surface area contributed by atoms with Gasteiger partial charge in [0.2, 0.25) is 0 Å². The fourth-order valence-electron chi connectivity index (χ4n) is 2.83. The summed E-state index contributed by atoms with van der Waals surface area (Å²) < 4.78 is 5.78. The van der Waals surface area contributed by atoms with Crippen LogP contribution in [0.3, 0.4) is 0 Å². The van der Waals surface area contributed by atoms with Crippen LogP contribution in [0.2, 0.25) is 0 Å². The molecule has 124 valence electrons. The average molecular weight is 308 g/mol. The van der Waals surface area contributed by atoms with Crippen LogP contribution in [0.5, 0.6) is 0 Å². The van der Waals surface area contributed by atoms with E-state index in [0.29, 0.717) is 12.2 Å². The van der Waals surface area contributed by atoms with Crippen molar-refractivity contribution in [3.05, 3.63) is 17.5 Å². The Bertz CT molecular complexity index is 502. The van der Waals surface area contributed by atoms with Gasteiger partial charge in [0, 0.05) is 30.9 Å². The van der Waals surface area contributed by atoms with Gasteiger partial charge in [0.1, 0.15) is 5.69 Å². The zero-order valence-corrected chi connectivity index (χ0v) is 14.3. The van der Waals surface area contributed by atoms with Crippen LogP contribution < -0.4 is 5.32 Å². The first-order valence-electron chi connectivity index (χ1n) is 8.05. The third-order valence-corrected chi connectivity index (χ3v) is 4.20. The quantitative estimate of drug-likeness (QED) is 0.866. The lowest BCUT2D eigenvalue weighted by atomic mass is 10.00. The molecule has 0 aromatic carbocycles. The first kappa shape index (κ1) is 17.0. The fourth-order valence-corrected chi connectivity index (χ4v) is 2.83. The molecule has 0 radical (unpaired) electrons. The molecule has 1 aliphatic rings. The minimum absolute atomic E-state index is 0.119. The van der Waals surface area contributed by atoms with Gasteiger partial charge in [-0.2, -0.15) is 5.10 Å². The zero-order chi connectivity index (χ0) is 16.3. The molecule has 0 bridgehead atoms. The summed E-state index contributed by atoms with van der Waals surface area (Å²) in [7, 11) is 0. The number of hydrogen-bond donors (Lipinski definition) is 2. The Hall–Kier alpha value is -1.40. The lowest BCUT2D eigenvalue weighted by Crippen LogP contribution is -2.58. The second kappa shape index (κ2) is 6.79. The van der Waals surface area contributed by atoms with Crippen molar-refractivity contribution >= 4 is 5.91 Å². The van der Waals surface area contributed by atoms with Gasteiger partial charge in [-0.15, -0.1) is 0 Å². The molecule has 0 saturated carbocycles. The Kier molecular flexibility index (Phi) is 5.24. The van der Waals surface area contributed by atoms with Crippen LogP contribution >= 0.6 is 0 Å². The van der Waals surface area contributed by atoms with Gasteiger partial charge in [0.15, 0.2) is 0 Å². The number of nitrogens with zero attached hydrogens (tertiary/aromatic N) is 2. The Morgan fingerprint density at radius 3 is 2.64 bits per heavy atom. The molecular weight excluding hydrogens is 280 g/mol.